The van der Waals surface area contributed by atoms with Crippen molar-refractivity contribution in [2.24, 2.45) is 0 Å². The van der Waals surface area contributed by atoms with Gasteiger partial charge in [-0.1, -0.05) is 40.2 Å². The highest BCUT2D eigenvalue weighted by molar-refractivity contribution is 9.10. The van der Waals surface area contributed by atoms with E-state index in [-0.39, 0.29) is 10.8 Å². The van der Waals surface area contributed by atoms with Gasteiger partial charge >= 0.3 is 0 Å². The minimum atomic E-state index is -3.51. The van der Waals surface area contributed by atoms with Crippen molar-refractivity contribution in [1.29, 1.82) is 0 Å². The van der Waals surface area contributed by atoms with E-state index in [9.17, 15) is 8.42 Å². The van der Waals surface area contributed by atoms with Crippen LogP contribution in [0.1, 0.15) is 17.9 Å². The molecule has 116 valence electrons. The largest absolute Gasteiger partial charge is 0.493 e. The summed E-state index contributed by atoms with van der Waals surface area (Å²) in [6, 6.07) is 14.5. The minimum Gasteiger partial charge on any atom is -0.493 e. The standard InChI is InChI=1S/C16H16BrNO3S/c17-13-4-3-5-14(10-13)22(19,20)18-11-12-8-9-21-16-7-2-1-6-15(12)16/h1-7,10,12,18H,8-9,11H2. The van der Waals surface area contributed by atoms with Crippen molar-refractivity contribution in [2.75, 3.05) is 13.2 Å². The van der Waals surface area contributed by atoms with E-state index in [0.717, 1.165) is 22.2 Å². The molecule has 0 radical (unpaired) electrons. The lowest BCUT2D eigenvalue weighted by Crippen LogP contribution is -2.30. The molecule has 0 bridgehead atoms. The fourth-order valence-electron chi connectivity index (χ4n) is 2.56. The number of sulfonamides is 1. The van der Waals surface area contributed by atoms with Gasteiger partial charge in [-0.2, -0.15) is 0 Å². The van der Waals surface area contributed by atoms with Gasteiger partial charge in [0.2, 0.25) is 10.0 Å². The Hall–Kier alpha value is -1.37. The van der Waals surface area contributed by atoms with Gasteiger partial charge in [0.25, 0.3) is 0 Å². The van der Waals surface area contributed by atoms with Crippen LogP contribution in [0.25, 0.3) is 0 Å². The maximum Gasteiger partial charge on any atom is 0.240 e. The Balaban J connectivity index is 1.76. The molecule has 0 spiro atoms. The second kappa shape index (κ2) is 6.40. The van der Waals surface area contributed by atoms with Gasteiger partial charge in [0.1, 0.15) is 5.75 Å². The monoisotopic (exact) mass is 381 g/mol. The van der Waals surface area contributed by atoms with Crippen LogP contribution in [0.15, 0.2) is 57.9 Å². The lowest BCUT2D eigenvalue weighted by Gasteiger charge is -2.26. The van der Waals surface area contributed by atoms with Crippen molar-refractivity contribution in [2.45, 2.75) is 17.2 Å². The van der Waals surface area contributed by atoms with E-state index >= 15 is 0 Å². The van der Waals surface area contributed by atoms with Gasteiger partial charge in [0, 0.05) is 16.9 Å². The van der Waals surface area contributed by atoms with Gasteiger partial charge in [-0.3, -0.25) is 0 Å². The Labute approximate surface area is 138 Å². The van der Waals surface area contributed by atoms with Crippen molar-refractivity contribution in [3.8, 4) is 5.75 Å². The van der Waals surface area contributed by atoms with Crippen LogP contribution in [0.5, 0.6) is 5.75 Å². The van der Waals surface area contributed by atoms with E-state index < -0.39 is 10.0 Å². The predicted molar refractivity (Wildman–Crippen MR) is 88.6 cm³/mol. The molecule has 2 aromatic rings. The molecule has 1 aliphatic heterocycles. The van der Waals surface area contributed by atoms with Gasteiger partial charge in [-0.25, -0.2) is 13.1 Å². The van der Waals surface area contributed by atoms with Crippen molar-refractivity contribution in [1.82, 2.24) is 4.72 Å². The van der Waals surface area contributed by atoms with E-state index in [1.165, 1.54) is 0 Å². The van der Waals surface area contributed by atoms with Crippen molar-refractivity contribution in [3.05, 3.63) is 58.6 Å². The molecule has 0 aliphatic carbocycles. The second-order valence-electron chi connectivity index (χ2n) is 5.18. The number of benzene rings is 2. The molecule has 1 heterocycles. The molecular formula is C16H16BrNO3S. The Morgan fingerprint density at radius 2 is 2.00 bits per heavy atom. The predicted octanol–water partition coefficient (Wildman–Crippen LogP) is 3.29. The molecule has 3 rings (SSSR count). The topological polar surface area (TPSA) is 55.4 Å². The number of halogens is 1. The average Bonchev–Trinajstić information content (AvgIpc) is 2.53. The van der Waals surface area contributed by atoms with Crippen LogP contribution in [0, 0.1) is 0 Å². The quantitative estimate of drug-likeness (QED) is 0.883. The van der Waals surface area contributed by atoms with Crippen molar-refractivity contribution in [3.63, 3.8) is 0 Å². The number of ether oxygens (including phenoxy) is 1. The van der Waals surface area contributed by atoms with Crippen LogP contribution in [0.3, 0.4) is 0 Å². The van der Waals surface area contributed by atoms with Crippen LogP contribution in [0.4, 0.5) is 0 Å². The van der Waals surface area contributed by atoms with Gasteiger partial charge in [0.05, 0.1) is 11.5 Å². The van der Waals surface area contributed by atoms with Crippen LogP contribution in [0.2, 0.25) is 0 Å². The summed E-state index contributed by atoms with van der Waals surface area (Å²) in [5, 5.41) is 0. The number of rotatable bonds is 4. The van der Waals surface area contributed by atoms with E-state index in [0.29, 0.717) is 13.2 Å². The highest BCUT2D eigenvalue weighted by Gasteiger charge is 2.23. The summed E-state index contributed by atoms with van der Waals surface area (Å²) in [4.78, 5) is 0.266. The Morgan fingerprint density at radius 3 is 2.82 bits per heavy atom. The third-order valence-corrected chi connectivity index (χ3v) is 5.62. The highest BCUT2D eigenvalue weighted by atomic mass is 79.9. The average molecular weight is 382 g/mol. The fourth-order valence-corrected chi connectivity index (χ4v) is 4.23. The van der Waals surface area contributed by atoms with E-state index in [2.05, 4.69) is 20.7 Å². The molecule has 2 aromatic carbocycles. The van der Waals surface area contributed by atoms with Gasteiger partial charge in [0.15, 0.2) is 0 Å². The first-order valence-corrected chi connectivity index (χ1v) is 9.31. The second-order valence-corrected chi connectivity index (χ2v) is 7.86. The first-order valence-electron chi connectivity index (χ1n) is 7.03. The third kappa shape index (κ3) is 3.34. The third-order valence-electron chi connectivity index (χ3n) is 3.71. The van der Waals surface area contributed by atoms with E-state index in [4.69, 9.17) is 4.74 Å². The molecule has 0 saturated heterocycles. The summed E-state index contributed by atoms with van der Waals surface area (Å²) in [5.74, 6) is 0.979. The number of nitrogens with one attached hydrogen (secondary N) is 1. The van der Waals surface area contributed by atoms with Crippen LogP contribution < -0.4 is 9.46 Å². The molecule has 0 fully saturated rings. The summed E-state index contributed by atoms with van der Waals surface area (Å²) in [6.07, 6.45) is 0.804. The fraction of sp³-hybridized carbons (Fsp3) is 0.250. The maximum atomic E-state index is 12.4. The van der Waals surface area contributed by atoms with Crippen molar-refractivity contribution >= 4 is 26.0 Å². The van der Waals surface area contributed by atoms with Crippen LogP contribution >= 0.6 is 15.9 Å². The Morgan fingerprint density at radius 1 is 1.18 bits per heavy atom. The lowest BCUT2D eigenvalue weighted by molar-refractivity contribution is 0.267. The zero-order valence-corrected chi connectivity index (χ0v) is 14.2. The molecule has 0 saturated carbocycles. The Kier molecular flexibility index (Phi) is 4.52. The normalized spacial score (nSPS) is 17.6. The smallest absolute Gasteiger partial charge is 0.240 e. The molecule has 1 unspecified atom stereocenters. The first-order chi connectivity index (χ1) is 10.6. The molecule has 22 heavy (non-hydrogen) atoms. The summed E-state index contributed by atoms with van der Waals surface area (Å²) in [5.41, 5.74) is 1.06. The molecule has 6 heteroatoms. The Bertz CT molecular complexity index is 776. The molecule has 1 aliphatic rings. The maximum absolute atomic E-state index is 12.4. The number of fused-ring (bicyclic) bond motifs is 1. The van der Waals surface area contributed by atoms with Gasteiger partial charge < -0.3 is 4.74 Å². The van der Waals surface area contributed by atoms with E-state index in [1.807, 2.05) is 24.3 Å². The van der Waals surface area contributed by atoms with Gasteiger partial charge in [-0.05, 0) is 36.2 Å². The van der Waals surface area contributed by atoms with Crippen LogP contribution in [-0.4, -0.2) is 21.6 Å². The number of hydrogen-bond acceptors (Lipinski definition) is 3. The SMILES string of the molecule is O=S(=O)(NCC1CCOc2ccccc21)c1cccc(Br)c1. The number of para-hydroxylation sites is 1. The summed E-state index contributed by atoms with van der Waals surface area (Å²) in [6.45, 7) is 0.982. The molecule has 1 N–H and O–H groups in total. The first kappa shape index (κ1) is 15.5. The minimum absolute atomic E-state index is 0.131. The van der Waals surface area contributed by atoms with Crippen molar-refractivity contribution < 1.29 is 13.2 Å². The highest BCUT2D eigenvalue weighted by Crippen LogP contribution is 2.33. The molecular weight excluding hydrogens is 366 g/mol. The molecule has 4 nitrogen and oxygen atoms in total. The summed E-state index contributed by atoms with van der Waals surface area (Å²) < 4.78 is 33.8. The van der Waals surface area contributed by atoms with Gasteiger partial charge in [-0.15, -0.1) is 0 Å². The zero-order valence-electron chi connectivity index (χ0n) is 11.8. The van der Waals surface area contributed by atoms with E-state index in [1.54, 1.807) is 24.3 Å². The zero-order chi connectivity index (χ0) is 15.6. The number of hydrogen-bond donors (Lipinski definition) is 1. The molecule has 1 atom stereocenters. The summed E-state index contributed by atoms with van der Waals surface area (Å²) >= 11 is 3.29. The lowest BCUT2D eigenvalue weighted by atomic mass is 9.93. The molecule has 0 aromatic heterocycles. The van der Waals surface area contributed by atoms with Crippen LogP contribution in [-0.2, 0) is 10.0 Å². The summed E-state index contributed by atoms with van der Waals surface area (Å²) in [7, 11) is -3.51. The molecule has 0 amide bonds.